The number of rotatable bonds is 2. The van der Waals surface area contributed by atoms with E-state index in [1.807, 2.05) is 0 Å². The third kappa shape index (κ3) is 2.90. The molecule has 1 heterocycles. The summed E-state index contributed by atoms with van der Waals surface area (Å²) in [7, 11) is 0. The van der Waals surface area contributed by atoms with Crippen LogP contribution in [0.2, 0.25) is 0 Å². The second-order valence-electron chi connectivity index (χ2n) is 7.71. The van der Waals surface area contributed by atoms with Crippen LogP contribution in [0.3, 0.4) is 0 Å². The zero-order valence-electron chi connectivity index (χ0n) is 15.5. The zero-order chi connectivity index (χ0) is 18.1. The smallest absolute Gasteiger partial charge is 0.0790 e. The van der Waals surface area contributed by atoms with E-state index in [1.165, 1.54) is 21.9 Å². The third-order valence-corrected chi connectivity index (χ3v) is 4.73. The van der Waals surface area contributed by atoms with Crippen molar-refractivity contribution >= 4 is 10.8 Å². The molecule has 0 saturated carbocycles. The minimum Gasteiger partial charge on any atom is -0.251 e. The maximum Gasteiger partial charge on any atom is 0.0790 e. The highest BCUT2D eigenvalue weighted by atomic mass is 14.7. The molecule has 0 atom stereocenters. The summed E-state index contributed by atoms with van der Waals surface area (Å²) < 4.78 is 0. The number of hydrogen-bond donors (Lipinski definition) is 0. The van der Waals surface area contributed by atoms with Crippen LogP contribution in [0.25, 0.3) is 33.2 Å². The fourth-order valence-corrected chi connectivity index (χ4v) is 3.54. The van der Waals surface area contributed by atoms with Crippen LogP contribution < -0.4 is 0 Å². The van der Waals surface area contributed by atoms with Crippen LogP contribution in [0.5, 0.6) is 0 Å². The van der Waals surface area contributed by atoms with Gasteiger partial charge in [0.15, 0.2) is 0 Å². The summed E-state index contributed by atoms with van der Waals surface area (Å²) in [5, 5.41) is 2.50. The van der Waals surface area contributed by atoms with Crippen molar-refractivity contribution in [2.45, 2.75) is 26.2 Å². The molecule has 0 spiro atoms. The molecule has 0 saturated heterocycles. The highest BCUT2D eigenvalue weighted by Gasteiger charge is 2.23. The number of pyridine rings is 1. The molecule has 3 aromatic carbocycles. The highest BCUT2D eigenvalue weighted by molar-refractivity contribution is 6.04. The van der Waals surface area contributed by atoms with Crippen LogP contribution in [-0.2, 0) is 5.41 Å². The number of nitrogens with zero attached hydrogens (tertiary/aromatic N) is 1. The maximum absolute atomic E-state index is 5.22. The van der Waals surface area contributed by atoms with E-state index in [0.717, 1.165) is 17.0 Å². The van der Waals surface area contributed by atoms with Gasteiger partial charge >= 0.3 is 0 Å². The summed E-state index contributed by atoms with van der Waals surface area (Å²) in [5.41, 5.74) is 5.74. The first-order valence-electron chi connectivity index (χ1n) is 9.10. The number of fused-ring (bicyclic) bond motifs is 1. The molecule has 0 unspecified atom stereocenters. The Balaban J connectivity index is 2.17. The Morgan fingerprint density at radius 3 is 1.65 bits per heavy atom. The number of aromatic nitrogens is 1. The van der Waals surface area contributed by atoms with Crippen molar-refractivity contribution in [1.29, 1.82) is 0 Å². The van der Waals surface area contributed by atoms with Gasteiger partial charge in [0, 0.05) is 21.9 Å². The van der Waals surface area contributed by atoms with Gasteiger partial charge in [-0.05, 0) is 10.9 Å². The largest absolute Gasteiger partial charge is 0.251 e. The fourth-order valence-electron chi connectivity index (χ4n) is 3.54. The van der Waals surface area contributed by atoms with Gasteiger partial charge in [-0.2, -0.15) is 0 Å². The van der Waals surface area contributed by atoms with Crippen LogP contribution >= 0.6 is 0 Å². The summed E-state index contributed by atoms with van der Waals surface area (Å²) in [6.45, 7) is 6.70. The van der Waals surface area contributed by atoms with Crippen molar-refractivity contribution in [3.63, 3.8) is 0 Å². The van der Waals surface area contributed by atoms with E-state index >= 15 is 0 Å². The van der Waals surface area contributed by atoms with E-state index in [4.69, 9.17) is 4.98 Å². The summed E-state index contributed by atoms with van der Waals surface area (Å²) in [6.07, 6.45) is 0. The van der Waals surface area contributed by atoms with Crippen molar-refractivity contribution in [2.75, 3.05) is 0 Å². The minimum absolute atomic E-state index is 0.0294. The van der Waals surface area contributed by atoms with Gasteiger partial charge in [0.1, 0.15) is 0 Å². The topological polar surface area (TPSA) is 12.9 Å². The molecule has 0 bridgehead atoms. The van der Waals surface area contributed by atoms with Crippen LogP contribution in [0.4, 0.5) is 0 Å². The van der Waals surface area contributed by atoms with Crippen LogP contribution in [-0.4, -0.2) is 4.98 Å². The summed E-state index contributed by atoms with van der Waals surface area (Å²) in [4.78, 5) is 5.22. The first-order chi connectivity index (χ1) is 12.6. The lowest BCUT2D eigenvalue weighted by molar-refractivity contribution is 0.576. The van der Waals surface area contributed by atoms with Crippen LogP contribution in [0.15, 0.2) is 84.9 Å². The lowest BCUT2D eigenvalue weighted by Gasteiger charge is -2.24. The predicted molar refractivity (Wildman–Crippen MR) is 111 cm³/mol. The molecule has 0 aliphatic heterocycles. The fraction of sp³-hybridized carbons (Fsp3) is 0.160. The summed E-state index contributed by atoms with van der Waals surface area (Å²) in [6, 6.07) is 29.8. The van der Waals surface area contributed by atoms with Gasteiger partial charge in [-0.15, -0.1) is 0 Å². The molecule has 4 aromatic rings. The summed E-state index contributed by atoms with van der Waals surface area (Å²) >= 11 is 0. The molecule has 0 aliphatic rings. The molecular formula is C25H23N. The average molecular weight is 337 g/mol. The van der Waals surface area contributed by atoms with E-state index in [1.54, 1.807) is 0 Å². The molecule has 0 N–H and O–H groups in total. The Morgan fingerprint density at radius 2 is 1.08 bits per heavy atom. The van der Waals surface area contributed by atoms with Crippen molar-refractivity contribution in [1.82, 2.24) is 4.98 Å². The normalized spacial score (nSPS) is 11.7. The lowest BCUT2D eigenvalue weighted by Crippen LogP contribution is -2.15. The molecule has 0 aliphatic carbocycles. The molecular weight excluding hydrogens is 314 g/mol. The molecule has 1 nitrogen and oxygen atoms in total. The van der Waals surface area contributed by atoms with Crippen molar-refractivity contribution in [3.8, 4) is 22.4 Å². The van der Waals surface area contributed by atoms with E-state index in [2.05, 4.69) is 106 Å². The van der Waals surface area contributed by atoms with Crippen molar-refractivity contribution in [2.24, 2.45) is 0 Å². The van der Waals surface area contributed by atoms with Crippen LogP contribution in [0, 0.1) is 0 Å². The second kappa shape index (κ2) is 6.42. The molecule has 1 aromatic heterocycles. The van der Waals surface area contributed by atoms with E-state index in [0.29, 0.717) is 0 Å². The molecule has 0 amide bonds. The molecule has 26 heavy (non-hydrogen) atoms. The summed E-state index contributed by atoms with van der Waals surface area (Å²) in [5.74, 6) is 0. The van der Waals surface area contributed by atoms with Crippen molar-refractivity contribution < 1.29 is 0 Å². The first-order valence-corrected chi connectivity index (χ1v) is 9.10. The van der Waals surface area contributed by atoms with Gasteiger partial charge in [0.25, 0.3) is 0 Å². The number of hydrogen-bond acceptors (Lipinski definition) is 1. The second-order valence-corrected chi connectivity index (χ2v) is 7.71. The van der Waals surface area contributed by atoms with Gasteiger partial charge in [-0.1, -0.05) is 106 Å². The van der Waals surface area contributed by atoms with E-state index in [-0.39, 0.29) is 5.41 Å². The molecule has 0 radical (unpaired) electrons. The van der Waals surface area contributed by atoms with Gasteiger partial charge in [0.05, 0.1) is 11.4 Å². The van der Waals surface area contributed by atoms with E-state index < -0.39 is 0 Å². The highest BCUT2D eigenvalue weighted by Crippen LogP contribution is 2.40. The monoisotopic (exact) mass is 337 g/mol. The van der Waals surface area contributed by atoms with Gasteiger partial charge < -0.3 is 0 Å². The van der Waals surface area contributed by atoms with Gasteiger partial charge in [-0.3, -0.25) is 4.98 Å². The molecule has 128 valence electrons. The van der Waals surface area contributed by atoms with Crippen molar-refractivity contribution in [3.05, 3.63) is 90.6 Å². The lowest BCUT2D eigenvalue weighted by atomic mass is 9.85. The third-order valence-electron chi connectivity index (χ3n) is 4.73. The van der Waals surface area contributed by atoms with Gasteiger partial charge in [-0.25, -0.2) is 0 Å². The van der Waals surface area contributed by atoms with Gasteiger partial charge in [0.2, 0.25) is 0 Å². The Morgan fingerprint density at radius 1 is 0.577 bits per heavy atom. The van der Waals surface area contributed by atoms with E-state index in [9.17, 15) is 0 Å². The Bertz CT molecular complexity index is 1040. The quantitative estimate of drug-likeness (QED) is 0.389. The first kappa shape index (κ1) is 16.5. The number of benzene rings is 3. The molecule has 1 heteroatoms. The van der Waals surface area contributed by atoms with Crippen LogP contribution in [0.1, 0.15) is 26.5 Å². The molecule has 0 fully saturated rings. The SMILES string of the molecule is CC(C)(C)c1nc(-c2ccccc2)c(-c2ccccc2)c2ccccc12. The Kier molecular flexibility index (Phi) is 4.08. The standard InChI is InChI=1S/C25H23N/c1-25(2,3)24-21-17-11-10-16-20(21)22(18-12-6-4-7-13-18)23(26-24)19-14-8-5-9-15-19/h4-17H,1-3H3. The average Bonchev–Trinajstić information content (AvgIpc) is 2.67. The maximum atomic E-state index is 5.22. The minimum atomic E-state index is -0.0294. The zero-order valence-corrected chi connectivity index (χ0v) is 15.5. The Labute approximate surface area is 155 Å². The predicted octanol–water partition coefficient (Wildman–Crippen LogP) is 6.87. The molecule has 4 rings (SSSR count). The Hall–Kier alpha value is -2.93.